The van der Waals surface area contributed by atoms with Gasteiger partial charge in [-0.1, -0.05) is 37.3 Å². The van der Waals surface area contributed by atoms with Gasteiger partial charge >= 0.3 is 12.1 Å². The van der Waals surface area contributed by atoms with Crippen molar-refractivity contribution in [3.05, 3.63) is 39.5 Å². The Hall–Kier alpha value is -2.42. The first-order chi connectivity index (χ1) is 12.2. The van der Waals surface area contributed by atoms with Crippen LogP contribution in [0.4, 0.5) is 18.9 Å². The summed E-state index contributed by atoms with van der Waals surface area (Å²) in [6.45, 7) is 4.80. The molecule has 0 amide bonds. The molecule has 0 spiro atoms. The number of hydrogen-bond donors (Lipinski definition) is 0. The number of halogens is 3. The summed E-state index contributed by atoms with van der Waals surface area (Å²) in [5.74, 6) is -0.987. The maximum atomic E-state index is 13.2. The van der Waals surface area contributed by atoms with E-state index in [0.29, 0.717) is 4.88 Å². The molecule has 5 nitrogen and oxygen atoms in total. The molecule has 0 aliphatic rings. The standard InChI is InChI=1S/C17H17F3N2O3S/c1-4-13(23)22-15(25-14(24)5-2)10(3)26-16(22)21-12-9-7-6-8-11(12)17(18,19)20/h6-9H,4-5H2,1-3H3. The van der Waals surface area contributed by atoms with Crippen molar-refractivity contribution in [3.63, 3.8) is 0 Å². The van der Waals surface area contributed by atoms with E-state index in [1.807, 2.05) is 0 Å². The van der Waals surface area contributed by atoms with Gasteiger partial charge < -0.3 is 4.74 Å². The van der Waals surface area contributed by atoms with Crippen molar-refractivity contribution in [1.82, 2.24) is 4.57 Å². The second-order valence-electron chi connectivity index (χ2n) is 5.28. The maximum absolute atomic E-state index is 13.2. The number of nitrogens with zero attached hydrogens (tertiary/aromatic N) is 2. The number of carbonyl (C=O) groups excluding carboxylic acids is 2. The summed E-state index contributed by atoms with van der Waals surface area (Å²) < 4.78 is 45.8. The topological polar surface area (TPSA) is 60.7 Å². The molecule has 0 saturated heterocycles. The summed E-state index contributed by atoms with van der Waals surface area (Å²) in [6.07, 6.45) is -4.41. The highest BCUT2D eigenvalue weighted by atomic mass is 32.1. The second kappa shape index (κ2) is 7.86. The molecule has 9 heteroatoms. The lowest BCUT2D eigenvalue weighted by Gasteiger charge is -2.09. The van der Waals surface area contributed by atoms with Crippen LogP contribution in [0.5, 0.6) is 5.88 Å². The van der Waals surface area contributed by atoms with Crippen LogP contribution in [-0.4, -0.2) is 16.4 Å². The molecule has 0 atom stereocenters. The van der Waals surface area contributed by atoms with E-state index in [1.165, 1.54) is 18.2 Å². The Morgan fingerprint density at radius 3 is 2.42 bits per heavy atom. The first-order valence-corrected chi connectivity index (χ1v) is 8.67. The molecular weight excluding hydrogens is 369 g/mol. The van der Waals surface area contributed by atoms with Crippen molar-refractivity contribution in [1.29, 1.82) is 0 Å². The van der Waals surface area contributed by atoms with Gasteiger partial charge in [-0.15, -0.1) is 0 Å². The third-order valence-corrected chi connectivity index (χ3v) is 4.35. The van der Waals surface area contributed by atoms with E-state index in [1.54, 1.807) is 20.8 Å². The van der Waals surface area contributed by atoms with Crippen LogP contribution in [0, 0.1) is 6.92 Å². The summed E-state index contributed by atoms with van der Waals surface area (Å²) in [5, 5.41) is 0. The Bertz CT molecular complexity index is 897. The van der Waals surface area contributed by atoms with E-state index < -0.39 is 23.6 Å². The SMILES string of the molecule is CCC(=O)Oc1c(C)sc(=Nc2ccccc2C(F)(F)F)n1C(=O)CC. The molecule has 26 heavy (non-hydrogen) atoms. The molecule has 0 saturated carbocycles. The van der Waals surface area contributed by atoms with Crippen LogP contribution in [0.3, 0.4) is 0 Å². The van der Waals surface area contributed by atoms with E-state index in [0.717, 1.165) is 22.0 Å². The van der Waals surface area contributed by atoms with Crippen LogP contribution in [-0.2, 0) is 11.0 Å². The number of carbonyl (C=O) groups is 2. The van der Waals surface area contributed by atoms with Crippen molar-refractivity contribution >= 4 is 28.9 Å². The van der Waals surface area contributed by atoms with Crippen LogP contribution < -0.4 is 9.54 Å². The van der Waals surface area contributed by atoms with Crippen molar-refractivity contribution < 1.29 is 27.5 Å². The van der Waals surface area contributed by atoms with E-state index in [2.05, 4.69) is 4.99 Å². The van der Waals surface area contributed by atoms with Gasteiger partial charge in [0.05, 0.1) is 16.1 Å². The van der Waals surface area contributed by atoms with Crippen LogP contribution >= 0.6 is 11.3 Å². The zero-order chi connectivity index (χ0) is 19.5. The number of alkyl halides is 3. The molecule has 2 rings (SSSR count). The Morgan fingerprint density at radius 2 is 1.85 bits per heavy atom. The number of para-hydroxylation sites is 1. The Kier molecular flexibility index (Phi) is 6.01. The van der Waals surface area contributed by atoms with Crippen LogP contribution in [0.2, 0.25) is 0 Å². The molecule has 1 aromatic heterocycles. The fourth-order valence-corrected chi connectivity index (χ4v) is 3.05. The third kappa shape index (κ3) is 4.21. The van der Waals surface area contributed by atoms with Crippen LogP contribution in [0.25, 0.3) is 0 Å². The van der Waals surface area contributed by atoms with E-state index >= 15 is 0 Å². The monoisotopic (exact) mass is 386 g/mol. The van der Waals surface area contributed by atoms with Crippen LogP contribution in [0.1, 0.15) is 41.9 Å². The second-order valence-corrected chi connectivity index (χ2v) is 6.46. The average molecular weight is 386 g/mol. The highest BCUT2D eigenvalue weighted by Crippen LogP contribution is 2.36. The van der Waals surface area contributed by atoms with Gasteiger partial charge in [0.2, 0.25) is 11.8 Å². The fourth-order valence-electron chi connectivity index (χ4n) is 2.13. The van der Waals surface area contributed by atoms with Gasteiger partial charge in [-0.3, -0.25) is 9.59 Å². The number of benzene rings is 1. The molecule has 0 unspecified atom stereocenters. The van der Waals surface area contributed by atoms with E-state index in [-0.39, 0.29) is 29.2 Å². The zero-order valence-corrected chi connectivity index (χ0v) is 15.2. The van der Waals surface area contributed by atoms with E-state index in [9.17, 15) is 22.8 Å². The molecule has 0 aliphatic carbocycles. The summed E-state index contributed by atoms with van der Waals surface area (Å²) >= 11 is 0.982. The highest BCUT2D eigenvalue weighted by Gasteiger charge is 2.33. The number of thiazole rings is 1. The number of aryl methyl sites for hydroxylation is 1. The van der Waals surface area contributed by atoms with Gasteiger partial charge in [-0.2, -0.15) is 13.2 Å². The smallest absolute Gasteiger partial charge is 0.408 e. The van der Waals surface area contributed by atoms with Gasteiger partial charge in [-0.25, -0.2) is 9.56 Å². The van der Waals surface area contributed by atoms with Gasteiger partial charge in [0, 0.05) is 12.8 Å². The number of ether oxygens (including phenoxy) is 1. The summed E-state index contributed by atoms with van der Waals surface area (Å²) in [7, 11) is 0. The van der Waals surface area contributed by atoms with Gasteiger partial charge in [0.15, 0.2) is 4.80 Å². The molecule has 1 aromatic carbocycles. The molecule has 1 heterocycles. The Morgan fingerprint density at radius 1 is 1.19 bits per heavy atom. The lowest BCUT2D eigenvalue weighted by molar-refractivity contribution is -0.137. The predicted octanol–water partition coefficient (Wildman–Crippen LogP) is 4.47. The molecule has 140 valence electrons. The minimum atomic E-state index is -4.58. The number of esters is 1. The summed E-state index contributed by atoms with van der Waals surface area (Å²) in [6, 6.07) is 4.83. The Balaban J connectivity index is 2.71. The lowest BCUT2D eigenvalue weighted by atomic mass is 10.2. The zero-order valence-electron chi connectivity index (χ0n) is 14.4. The third-order valence-electron chi connectivity index (χ3n) is 3.42. The quantitative estimate of drug-likeness (QED) is 0.728. The summed E-state index contributed by atoms with van der Waals surface area (Å²) in [5.41, 5.74) is -1.22. The Labute approximate surface area is 151 Å². The van der Waals surface area contributed by atoms with Crippen molar-refractivity contribution in [2.75, 3.05) is 0 Å². The van der Waals surface area contributed by atoms with Crippen molar-refractivity contribution in [2.24, 2.45) is 4.99 Å². The predicted molar refractivity (Wildman–Crippen MR) is 90.6 cm³/mol. The number of rotatable bonds is 4. The minimum Gasteiger partial charge on any atom is -0.408 e. The fraction of sp³-hybridized carbons (Fsp3) is 0.353. The van der Waals surface area contributed by atoms with E-state index in [4.69, 9.17) is 4.74 Å². The minimum absolute atomic E-state index is 0.00283. The molecule has 0 radical (unpaired) electrons. The lowest BCUT2D eigenvalue weighted by Crippen LogP contribution is -2.24. The molecule has 2 aromatic rings. The first kappa shape index (κ1) is 19.9. The van der Waals surface area contributed by atoms with Gasteiger partial charge in [0.25, 0.3) is 0 Å². The molecule has 0 N–H and O–H groups in total. The van der Waals surface area contributed by atoms with Crippen LogP contribution in [0.15, 0.2) is 29.3 Å². The maximum Gasteiger partial charge on any atom is 0.418 e. The van der Waals surface area contributed by atoms with Crippen molar-refractivity contribution in [2.45, 2.75) is 39.8 Å². The molecule has 0 bridgehead atoms. The average Bonchev–Trinajstić information content (AvgIpc) is 2.88. The van der Waals surface area contributed by atoms with Gasteiger partial charge in [0.1, 0.15) is 0 Å². The largest absolute Gasteiger partial charge is 0.418 e. The molecule has 0 aliphatic heterocycles. The number of aromatic nitrogens is 1. The summed E-state index contributed by atoms with van der Waals surface area (Å²) in [4.78, 5) is 28.5. The molecular formula is C17H17F3N2O3S. The van der Waals surface area contributed by atoms with Gasteiger partial charge in [-0.05, 0) is 19.1 Å². The van der Waals surface area contributed by atoms with Crippen molar-refractivity contribution in [3.8, 4) is 5.88 Å². The normalized spacial score (nSPS) is 12.3. The highest BCUT2D eigenvalue weighted by molar-refractivity contribution is 7.09. The number of hydrogen-bond acceptors (Lipinski definition) is 5. The first-order valence-electron chi connectivity index (χ1n) is 7.86. The molecule has 0 fully saturated rings.